The molecular formula is C28H36F3N7O2S. The van der Waals surface area contributed by atoms with Gasteiger partial charge in [-0.2, -0.15) is 13.2 Å². The average molecular weight is 592 g/mol. The second-order valence-corrected chi connectivity index (χ2v) is 12.5. The zero-order valence-electron chi connectivity index (χ0n) is 23.5. The van der Waals surface area contributed by atoms with Crippen LogP contribution in [0.3, 0.4) is 0 Å². The molecule has 1 saturated heterocycles. The third-order valence-electron chi connectivity index (χ3n) is 8.29. The smallest absolute Gasteiger partial charge is 0.394 e. The standard InChI is InChI=1S/C28H36F3N7O2S/c1-18-21(16-32)41-36-25(39)20-6-7-22(34-24(20)37-17-19(5-4-12-33-18)15-26(37,2)3)38-13-8-23(35-38)40-14-11-27(9-10-27)28(29,30)31/h6-8,13,16,19H,4-5,9-12,14-15,17,32H2,1-3H3,(H,36,39)/t19-/m0/s1. The minimum absolute atomic E-state index is 0.0707. The summed E-state index contributed by atoms with van der Waals surface area (Å²) in [5, 5.41) is 4.40. The summed E-state index contributed by atoms with van der Waals surface area (Å²) in [5.74, 6) is 1.35. The Morgan fingerprint density at radius 2 is 2.05 bits per heavy atom. The summed E-state index contributed by atoms with van der Waals surface area (Å²) in [6, 6.07) is 5.02. The number of hydrogen-bond acceptors (Lipinski definition) is 8. The van der Waals surface area contributed by atoms with E-state index < -0.39 is 11.6 Å². The van der Waals surface area contributed by atoms with Crippen LogP contribution in [-0.4, -0.2) is 57.8 Å². The number of allylic oxidation sites excluding steroid dienone is 1. The highest BCUT2D eigenvalue weighted by molar-refractivity contribution is 8.02. The van der Waals surface area contributed by atoms with Crippen LogP contribution in [0.4, 0.5) is 19.0 Å². The first-order valence-corrected chi connectivity index (χ1v) is 14.7. The van der Waals surface area contributed by atoms with Crippen molar-refractivity contribution in [2.24, 2.45) is 22.1 Å². The lowest BCUT2D eigenvalue weighted by Crippen LogP contribution is -2.40. The number of carbonyl (C=O) groups excluding carboxylic acids is 1. The summed E-state index contributed by atoms with van der Waals surface area (Å²) in [6.45, 7) is 7.56. The molecule has 2 aromatic rings. The molecule has 2 aliphatic heterocycles. The molecule has 2 bridgehead atoms. The van der Waals surface area contributed by atoms with Gasteiger partial charge in [0.1, 0.15) is 5.82 Å². The molecule has 41 heavy (non-hydrogen) atoms. The Hall–Kier alpha value is -3.22. The highest BCUT2D eigenvalue weighted by Crippen LogP contribution is 2.59. The first-order valence-electron chi connectivity index (χ1n) is 13.9. The van der Waals surface area contributed by atoms with Crippen molar-refractivity contribution in [1.29, 1.82) is 0 Å². The number of alkyl halides is 3. The van der Waals surface area contributed by atoms with Crippen molar-refractivity contribution in [3.63, 3.8) is 0 Å². The van der Waals surface area contributed by atoms with Crippen LogP contribution >= 0.6 is 11.9 Å². The van der Waals surface area contributed by atoms with E-state index in [0.717, 1.165) is 43.5 Å². The fourth-order valence-corrected chi connectivity index (χ4v) is 6.27. The number of nitrogens with one attached hydrogen (secondary N) is 1. The molecule has 3 N–H and O–H groups in total. The van der Waals surface area contributed by atoms with Crippen LogP contribution in [0.5, 0.6) is 5.88 Å². The Labute approximate surface area is 241 Å². The number of nitrogens with zero attached hydrogens (tertiary/aromatic N) is 5. The first-order chi connectivity index (χ1) is 19.4. The summed E-state index contributed by atoms with van der Waals surface area (Å²) in [4.78, 5) is 25.8. The molecular weight excluding hydrogens is 555 g/mol. The number of carbonyl (C=O) groups is 1. The average Bonchev–Trinajstić information content (AvgIpc) is 3.47. The highest BCUT2D eigenvalue weighted by Gasteiger charge is 2.62. The lowest BCUT2D eigenvalue weighted by Gasteiger charge is -2.34. The Morgan fingerprint density at radius 1 is 1.27 bits per heavy atom. The topological polar surface area (TPSA) is 111 Å². The second-order valence-electron chi connectivity index (χ2n) is 11.7. The number of halogens is 3. The van der Waals surface area contributed by atoms with E-state index in [1.807, 2.05) is 6.92 Å². The summed E-state index contributed by atoms with van der Waals surface area (Å²) < 4.78 is 49.7. The van der Waals surface area contributed by atoms with Gasteiger partial charge in [-0.25, -0.2) is 9.67 Å². The SMILES string of the molecule is CC1=NCCC[C@@H]2CN(c3nc(-n4ccc(OCCC5(C(F)(F)F)CC5)n4)ccc3C(=O)NSC1=CN)C(C)(C)C2. The molecule has 9 nitrogen and oxygen atoms in total. The normalized spacial score (nSPS) is 23.4. The zero-order valence-corrected chi connectivity index (χ0v) is 24.3. The molecule has 4 heterocycles. The van der Waals surface area contributed by atoms with Crippen molar-refractivity contribution in [2.45, 2.75) is 71.0 Å². The molecule has 0 radical (unpaired) electrons. The number of anilines is 1. The number of ether oxygens (including phenoxy) is 1. The lowest BCUT2D eigenvalue weighted by atomic mass is 9.93. The number of pyridine rings is 1. The van der Waals surface area contributed by atoms with Gasteiger partial charge in [-0.15, -0.1) is 5.10 Å². The molecule has 0 spiro atoms. The predicted molar refractivity (Wildman–Crippen MR) is 153 cm³/mol. The maximum atomic E-state index is 13.4. The van der Waals surface area contributed by atoms with Gasteiger partial charge in [0.25, 0.3) is 5.91 Å². The van der Waals surface area contributed by atoms with Gasteiger partial charge in [0.05, 0.1) is 22.5 Å². The number of amides is 1. The van der Waals surface area contributed by atoms with Crippen LogP contribution in [0.2, 0.25) is 0 Å². The minimum Gasteiger partial charge on any atom is -0.477 e. The van der Waals surface area contributed by atoms with E-state index in [1.165, 1.54) is 10.9 Å². The van der Waals surface area contributed by atoms with E-state index >= 15 is 0 Å². The van der Waals surface area contributed by atoms with Crippen molar-refractivity contribution >= 4 is 29.4 Å². The zero-order chi connectivity index (χ0) is 29.4. The van der Waals surface area contributed by atoms with Crippen molar-refractivity contribution in [3.05, 3.63) is 41.1 Å². The van der Waals surface area contributed by atoms with E-state index in [1.54, 1.807) is 24.4 Å². The van der Waals surface area contributed by atoms with Crippen molar-refractivity contribution in [1.82, 2.24) is 19.5 Å². The third kappa shape index (κ3) is 6.19. The Kier molecular flexibility index (Phi) is 8.01. The minimum atomic E-state index is -4.21. The molecule has 1 saturated carbocycles. The van der Waals surface area contributed by atoms with Gasteiger partial charge < -0.3 is 15.4 Å². The van der Waals surface area contributed by atoms with E-state index in [-0.39, 0.29) is 43.2 Å². The van der Waals surface area contributed by atoms with Gasteiger partial charge in [0.15, 0.2) is 5.82 Å². The van der Waals surface area contributed by atoms with E-state index in [0.29, 0.717) is 34.6 Å². The Balaban J connectivity index is 1.40. The largest absolute Gasteiger partial charge is 0.477 e. The second kappa shape index (κ2) is 11.2. The molecule has 0 aromatic carbocycles. The predicted octanol–water partition coefficient (Wildman–Crippen LogP) is 5.42. The molecule has 1 atom stereocenters. The number of hydrogen-bond donors (Lipinski definition) is 2. The fourth-order valence-electron chi connectivity index (χ4n) is 5.68. The summed E-state index contributed by atoms with van der Waals surface area (Å²) >= 11 is 1.12. The van der Waals surface area contributed by atoms with Gasteiger partial charge in [0.2, 0.25) is 5.88 Å². The summed E-state index contributed by atoms with van der Waals surface area (Å²) in [5.41, 5.74) is 5.15. The quantitative estimate of drug-likeness (QED) is 0.447. The monoisotopic (exact) mass is 591 g/mol. The molecule has 1 aliphatic carbocycles. The maximum Gasteiger partial charge on any atom is 0.394 e. The maximum absolute atomic E-state index is 13.4. The van der Waals surface area contributed by atoms with Crippen LogP contribution in [0, 0.1) is 11.3 Å². The molecule has 2 fully saturated rings. The third-order valence-corrected chi connectivity index (χ3v) is 9.23. The Morgan fingerprint density at radius 3 is 2.76 bits per heavy atom. The lowest BCUT2D eigenvalue weighted by molar-refractivity contribution is -0.190. The summed E-state index contributed by atoms with van der Waals surface area (Å²) in [7, 11) is 0. The van der Waals surface area contributed by atoms with Crippen LogP contribution < -0.4 is 20.1 Å². The fraction of sp³-hybridized carbons (Fsp3) is 0.571. The molecule has 13 heteroatoms. The van der Waals surface area contributed by atoms with Gasteiger partial charge in [0, 0.05) is 42.8 Å². The van der Waals surface area contributed by atoms with Crippen LogP contribution in [-0.2, 0) is 0 Å². The molecule has 1 amide bonds. The van der Waals surface area contributed by atoms with E-state index in [4.69, 9.17) is 15.5 Å². The van der Waals surface area contributed by atoms with Gasteiger partial charge in [-0.05, 0) is 89.3 Å². The molecule has 3 aliphatic rings. The van der Waals surface area contributed by atoms with E-state index in [2.05, 4.69) is 33.6 Å². The van der Waals surface area contributed by atoms with Crippen molar-refractivity contribution in [2.75, 3.05) is 24.6 Å². The van der Waals surface area contributed by atoms with Gasteiger partial charge >= 0.3 is 6.18 Å². The van der Waals surface area contributed by atoms with Crippen LogP contribution in [0.25, 0.3) is 5.82 Å². The highest BCUT2D eigenvalue weighted by atomic mass is 32.2. The van der Waals surface area contributed by atoms with Crippen molar-refractivity contribution < 1.29 is 22.7 Å². The molecule has 5 rings (SSSR count). The Bertz CT molecular complexity index is 1350. The van der Waals surface area contributed by atoms with Gasteiger partial charge in [-0.3, -0.25) is 14.5 Å². The van der Waals surface area contributed by atoms with Crippen molar-refractivity contribution in [3.8, 4) is 11.7 Å². The number of aliphatic imine (C=N–C) groups is 1. The molecule has 222 valence electrons. The van der Waals surface area contributed by atoms with Crippen LogP contribution in [0.1, 0.15) is 69.7 Å². The van der Waals surface area contributed by atoms with E-state index in [9.17, 15) is 18.0 Å². The molecule has 2 aromatic heterocycles. The first kappa shape index (κ1) is 29.3. The summed E-state index contributed by atoms with van der Waals surface area (Å²) in [6.07, 6.45) is 1.97. The molecule has 0 unspecified atom stereocenters. The van der Waals surface area contributed by atoms with Gasteiger partial charge in [-0.1, -0.05) is 0 Å². The number of aromatic nitrogens is 3. The van der Waals surface area contributed by atoms with Crippen LogP contribution in [0.15, 0.2) is 40.5 Å². The number of fused-ring (bicyclic) bond motifs is 4. The number of rotatable bonds is 5. The number of nitrogens with two attached hydrogens (primary N) is 1.